The molecule has 2 unspecified atom stereocenters. The number of hydrogen-bond donors (Lipinski definition) is 1. The zero-order chi connectivity index (χ0) is 11.0. The highest BCUT2D eigenvalue weighted by molar-refractivity contribution is 7.09. The Hall–Kier alpha value is -0.450. The molecule has 1 N–H and O–H groups in total. The van der Waals surface area contributed by atoms with Crippen molar-refractivity contribution in [2.45, 2.75) is 38.4 Å². The van der Waals surface area contributed by atoms with Gasteiger partial charge in [-0.05, 0) is 18.8 Å². The molecule has 16 heavy (non-hydrogen) atoms. The largest absolute Gasteiger partial charge is 0.307 e. The van der Waals surface area contributed by atoms with E-state index in [0.29, 0.717) is 6.04 Å². The number of nitrogens with zero attached hydrogens (tertiary/aromatic N) is 2. The van der Waals surface area contributed by atoms with E-state index < -0.39 is 0 Å². The summed E-state index contributed by atoms with van der Waals surface area (Å²) in [5.74, 6) is 0.786. The molecule has 1 aromatic rings. The van der Waals surface area contributed by atoms with Crippen molar-refractivity contribution in [3.8, 4) is 0 Å². The van der Waals surface area contributed by atoms with Crippen molar-refractivity contribution >= 4 is 11.3 Å². The molecule has 0 amide bonds. The van der Waals surface area contributed by atoms with E-state index in [-0.39, 0.29) is 0 Å². The Kier molecular flexibility index (Phi) is 2.96. The minimum atomic E-state index is 0.669. The smallest absolute Gasteiger partial charge is 0.0794 e. The highest BCUT2D eigenvalue weighted by atomic mass is 32.1. The van der Waals surface area contributed by atoms with Crippen LogP contribution in [0.4, 0.5) is 0 Å². The molecule has 1 aliphatic heterocycles. The first kappa shape index (κ1) is 10.7. The second kappa shape index (κ2) is 4.43. The number of hydrogen-bond acceptors (Lipinski definition) is 4. The van der Waals surface area contributed by atoms with Gasteiger partial charge in [-0.25, -0.2) is 0 Å². The highest BCUT2D eigenvalue weighted by Crippen LogP contribution is 2.31. The minimum absolute atomic E-state index is 0.669. The van der Waals surface area contributed by atoms with E-state index >= 15 is 0 Å². The third-order valence-electron chi connectivity index (χ3n) is 3.73. The lowest BCUT2D eigenvalue weighted by Gasteiger charge is -2.16. The summed E-state index contributed by atoms with van der Waals surface area (Å²) in [6.45, 7) is 5.88. The number of rotatable bonds is 4. The van der Waals surface area contributed by atoms with Crippen LogP contribution in [0.1, 0.15) is 24.6 Å². The second-order valence-electron chi connectivity index (χ2n) is 5.12. The lowest BCUT2D eigenvalue weighted by atomic mass is 10.1. The summed E-state index contributed by atoms with van der Waals surface area (Å²) in [6.07, 6.45) is 4.82. The first-order valence-corrected chi connectivity index (χ1v) is 7.05. The van der Waals surface area contributed by atoms with Gasteiger partial charge in [-0.1, -0.05) is 6.92 Å². The van der Waals surface area contributed by atoms with Gasteiger partial charge in [-0.2, -0.15) is 0 Å². The summed E-state index contributed by atoms with van der Waals surface area (Å²) in [5, 5.41) is 3.68. The fourth-order valence-electron chi connectivity index (χ4n) is 2.57. The van der Waals surface area contributed by atoms with Crippen LogP contribution in [0.2, 0.25) is 0 Å². The van der Waals surface area contributed by atoms with E-state index in [4.69, 9.17) is 0 Å². The average molecular weight is 237 g/mol. The maximum atomic E-state index is 4.11. The van der Waals surface area contributed by atoms with Gasteiger partial charge in [-0.15, -0.1) is 11.3 Å². The predicted molar refractivity (Wildman–Crippen MR) is 66.5 cm³/mol. The molecule has 0 spiro atoms. The maximum Gasteiger partial charge on any atom is 0.0794 e. The van der Waals surface area contributed by atoms with Gasteiger partial charge in [-0.3, -0.25) is 9.88 Å². The van der Waals surface area contributed by atoms with Crippen molar-refractivity contribution in [2.24, 2.45) is 5.92 Å². The van der Waals surface area contributed by atoms with Crippen molar-refractivity contribution in [3.05, 3.63) is 16.6 Å². The van der Waals surface area contributed by atoms with Crippen molar-refractivity contribution in [1.82, 2.24) is 15.2 Å². The van der Waals surface area contributed by atoms with Gasteiger partial charge in [0.15, 0.2) is 0 Å². The van der Waals surface area contributed by atoms with Gasteiger partial charge < -0.3 is 5.32 Å². The average Bonchev–Trinajstić information content (AvgIpc) is 2.86. The van der Waals surface area contributed by atoms with E-state index in [0.717, 1.165) is 18.5 Å². The van der Waals surface area contributed by atoms with Crippen LogP contribution in [-0.4, -0.2) is 35.1 Å². The molecule has 4 heteroatoms. The SMILES string of the molecule is CC1CN(C2CC2)CC1NCc1cncs1. The molecule has 1 saturated heterocycles. The van der Waals surface area contributed by atoms with E-state index in [1.165, 1.54) is 30.8 Å². The van der Waals surface area contributed by atoms with Gasteiger partial charge in [0.1, 0.15) is 0 Å². The molecule has 0 aromatic carbocycles. The Labute approximate surface area is 101 Å². The number of aromatic nitrogens is 1. The van der Waals surface area contributed by atoms with Gasteiger partial charge in [0, 0.05) is 42.8 Å². The van der Waals surface area contributed by atoms with Crippen molar-refractivity contribution < 1.29 is 0 Å². The molecule has 0 radical (unpaired) electrons. The minimum Gasteiger partial charge on any atom is -0.307 e. The molecule has 0 bridgehead atoms. The van der Waals surface area contributed by atoms with E-state index in [2.05, 4.69) is 22.1 Å². The fraction of sp³-hybridized carbons (Fsp3) is 0.750. The topological polar surface area (TPSA) is 28.2 Å². The molecule has 1 aliphatic carbocycles. The standard InChI is InChI=1S/C12H19N3S/c1-9-6-15(10-2-3-10)7-12(9)14-5-11-4-13-8-16-11/h4,8-10,12,14H,2-3,5-7H2,1H3. The molecule has 3 nitrogen and oxygen atoms in total. The summed E-state index contributed by atoms with van der Waals surface area (Å²) in [4.78, 5) is 8.11. The van der Waals surface area contributed by atoms with Gasteiger partial charge in [0.25, 0.3) is 0 Å². The number of nitrogens with one attached hydrogen (secondary N) is 1. The summed E-state index contributed by atoms with van der Waals surface area (Å²) in [5.41, 5.74) is 1.91. The van der Waals surface area contributed by atoms with Crippen molar-refractivity contribution in [1.29, 1.82) is 0 Å². The third-order valence-corrected chi connectivity index (χ3v) is 4.51. The second-order valence-corrected chi connectivity index (χ2v) is 6.09. The molecule has 1 aromatic heterocycles. The van der Waals surface area contributed by atoms with E-state index in [1.54, 1.807) is 11.3 Å². The fourth-order valence-corrected chi connectivity index (χ4v) is 3.11. The van der Waals surface area contributed by atoms with Crippen LogP contribution in [0.25, 0.3) is 0 Å². The quantitative estimate of drug-likeness (QED) is 0.864. The Balaban J connectivity index is 1.51. The zero-order valence-corrected chi connectivity index (χ0v) is 10.5. The van der Waals surface area contributed by atoms with Crippen LogP contribution in [0, 0.1) is 5.92 Å². The van der Waals surface area contributed by atoms with E-state index in [9.17, 15) is 0 Å². The maximum absolute atomic E-state index is 4.11. The molecular weight excluding hydrogens is 218 g/mol. The van der Waals surface area contributed by atoms with E-state index in [1.807, 2.05) is 11.7 Å². The zero-order valence-electron chi connectivity index (χ0n) is 9.72. The first-order chi connectivity index (χ1) is 7.83. The molecule has 2 aliphatic rings. The first-order valence-electron chi connectivity index (χ1n) is 6.18. The predicted octanol–water partition coefficient (Wildman–Crippen LogP) is 1.72. The molecule has 1 saturated carbocycles. The lowest BCUT2D eigenvalue weighted by Crippen LogP contribution is -2.35. The Bertz CT molecular complexity index is 334. The van der Waals surface area contributed by atoms with Crippen LogP contribution in [0.3, 0.4) is 0 Å². The molecule has 2 heterocycles. The Morgan fingerprint density at radius 3 is 3.06 bits per heavy atom. The van der Waals surface area contributed by atoms with Crippen LogP contribution >= 0.6 is 11.3 Å². The Morgan fingerprint density at radius 1 is 1.50 bits per heavy atom. The van der Waals surface area contributed by atoms with Crippen LogP contribution in [-0.2, 0) is 6.54 Å². The number of likely N-dealkylation sites (tertiary alicyclic amines) is 1. The van der Waals surface area contributed by atoms with Gasteiger partial charge >= 0.3 is 0 Å². The monoisotopic (exact) mass is 237 g/mol. The van der Waals surface area contributed by atoms with Crippen LogP contribution < -0.4 is 5.32 Å². The summed E-state index contributed by atoms with van der Waals surface area (Å²) in [6, 6.07) is 1.58. The highest BCUT2D eigenvalue weighted by Gasteiger charge is 2.37. The molecule has 88 valence electrons. The Morgan fingerprint density at radius 2 is 2.38 bits per heavy atom. The summed E-state index contributed by atoms with van der Waals surface area (Å²) < 4.78 is 0. The van der Waals surface area contributed by atoms with Crippen LogP contribution in [0.5, 0.6) is 0 Å². The lowest BCUT2D eigenvalue weighted by molar-refractivity contribution is 0.313. The summed E-state index contributed by atoms with van der Waals surface area (Å²) >= 11 is 1.74. The van der Waals surface area contributed by atoms with Crippen molar-refractivity contribution in [3.63, 3.8) is 0 Å². The van der Waals surface area contributed by atoms with Gasteiger partial charge in [0.05, 0.1) is 5.51 Å². The number of thiazole rings is 1. The molecule has 2 fully saturated rings. The van der Waals surface area contributed by atoms with Crippen LogP contribution in [0.15, 0.2) is 11.7 Å². The van der Waals surface area contributed by atoms with Gasteiger partial charge in [0.2, 0.25) is 0 Å². The molecule has 2 atom stereocenters. The summed E-state index contributed by atoms with van der Waals surface area (Å²) in [7, 11) is 0. The van der Waals surface area contributed by atoms with Crippen molar-refractivity contribution in [2.75, 3.05) is 13.1 Å². The third kappa shape index (κ3) is 2.29. The molecule has 3 rings (SSSR count). The normalized spacial score (nSPS) is 31.1. The molecular formula is C12H19N3S.